The summed E-state index contributed by atoms with van der Waals surface area (Å²) in [6.07, 6.45) is 0.935. The topological polar surface area (TPSA) is 21.3 Å². The number of halogens is 3. The highest BCUT2D eigenvalue weighted by molar-refractivity contribution is 5.39. The summed E-state index contributed by atoms with van der Waals surface area (Å²) >= 11 is 0. The van der Waals surface area contributed by atoms with Crippen molar-refractivity contribution in [3.8, 4) is 11.5 Å². The molecule has 2 aromatic carbocycles. The fraction of sp³-hybridized carbons (Fsp3) is 0.250. The quantitative estimate of drug-likeness (QED) is 0.798. The molecule has 2 aromatic rings. The van der Waals surface area contributed by atoms with E-state index in [-0.39, 0.29) is 11.5 Å². The Hall–Kier alpha value is -2.01. The summed E-state index contributed by atoms with van der Waals surface area (Å²) in [5.41, 5.74) is 0.548. The lowest BCUT2D eigenvalue weighted by molar-refractivity contribution is 0.392. The van der Waals surface area contributed by atoms with Gasteiger partial charge in [0.25, 0.3) is 0 Å². The molecule has 0 atom stereocenters. The summed E-state index contributed by atoms with van der Waals surface area (Å²) in [7, 11) is 0. The number of nitrogens with one attached hydrogen (secondary N) is 1. The van der Waals surface area contributed by atoms with E-state index in [9.17, 15) is 13.2 Å². The minimum atomic E-state index is -1.13. The molecule has 5 heteroatoms. The van der Waals surface area contributed by atoms with Gasteiger partial charge in [-0.05, 0) is 31.2 Å². The van der Waals surface area contributed by atoms with Crippen molar-refractivity contribution in [1.29, 1.82) is 0 Å². The summed E-state index contributed by atoms with van der Waals surface area (Å²) in [5, 5.41) is 3.12. The van der Waals surface area contributed by atoms with E-state index in [0.717, 1.165) is 19.0 Å². The average molecular weight is 295 g/mol. The first kappa shape index (κ1) is 15.4. The maximum absolute atomic E-state index is 13.9. The Labute approximate surface area is 121 Å². The Morgan fingerprint density at radius 2 is 1.71 bits per heavy atom. The van der Waals surface area contributed by atoms with Gasteiger partial charge in [0.15, 0.2) is 23.1 Å². The molecule has 0 amide bonds. The molecule has 0 aromatic heterocycles. The maximum atomic E-state index is 13.9. The van der Waals surface area contributed by atoms with E-state index in [1.165, 1.54) is 18.2 Å². The largest absolute Gasteiger partial charge is 0.451 e. The number of para-hydroxylation sites is 1. The van der Waals surface area contributed by atoms with Gasteiger partial charge in [-0.2, -0.15) is 4.39 Å². The normalized spacial score (nSPS) is 10.7. The molecule has 0 saturated heterocycles. The molecule has 0 heterocycles. The average Bonchev–Trinajstić information content (AvgIpc) is 2.47. The monoisotopic (exact) mass is 295 g/mol. The number of benzene rings is 2. The second-order valence-electron chi connectivity index (χ2n) is 4.56. The summed E-state index contributed by atoms with van der Waals surface area (Å²) in [5.74, 6) is -3.21. The van der Waals surface area contributed by atoms with Crippen molar-refractivity contribution in [3.05, 3.63) is 59.4 Å². The van der Waals surface area contributed by atoms with Gasteiger partial charge in [-0.15, -0.1) is 0 Å². The minimum absolute atomic E-state index is 0.0920. The van der Waals surface area contributed by atoms with Gasteiger partial charge in [0.05, 0.1) is 0 Å². The molecule has 0 radical (unpaired) electrons. The van der Waals surface area contributed by atoms with E-state index >= 15 is 0 Å². The molecule has 2 nitrogen and oxygen atoms in total. The molecule has 0 aliphatic rings. The van der Waals surface area contributed by atoms with Gasteiger partial charge < -0.3 is 10.1 Å². The Bertz CT molecular complexity index is 616. The van der Waals surface area contributed by atoms with Crippen molar-refractivity contribution in [2.45, 2.75) is 19.9 Å². The summed E-state index contributed by atoms with van der Waals surface area (Å²) < 4.78 is 46.0. The van der Waals surface area contributed by atoms with Crippen LogP contribution in [0.2, 0.25) is 0 Å². The maximum Gasteiger partial charge on any atom is 0.201 e. The van der Waals surface area contributed by atoms with Crippen molar-refractivity contribution in [2.24, 2.45) is 0 Å². The fourth-order valence-corrected chi connectivity index (χ4v) is 1.88. The van der Waals surface area contributed by atoms with Gasteiger partial charge in [-0.25, -0.2) is 8.78 Å². The Morgan fingerprint density at radius 1 is 1.00 bits per heavy atom. The molecule has 1 N–H and O–H groups in total. The number of ether oxygens (including phenoxy) is 1. The first-order valence-corrected chi connectivity index (χ1v) is 6.73. The van der Waals surface area contributed by atoms with Crippen molar-refractivity contribution in [1.82, 2.24) is 5.32 Å². The van der Waals surface area contributed by atoms with Crippen LogP contribution in [0.25, 0.3) is 0 Å². The molecule has 0 spiro atoms. The first-order valence-electron chi connectivity index (χ1n) is 6.73. The van der Waals surface area contributed by atoms with E-state index in [1.54, 1.807) is 12.1 Å². The second-order valence-corrected chi connectivity index (χ2v) is 4.56. The van der Waals surface area contributed by atoms with Crippen LogP contribution < -0.4 is 10.1 Å². The molecule has 0 saturated carbocycles. The van der Waals surface area contributed by atoms with Crippen LogP contribution in [-0.4, -0.2) is 6.54 Å². The minimum Gasteiger partial charge on any atom is -0.451 e. The van der Waals surface area contributed by atoms with Crippen LogP contribution >= 0.6 is 0 Å². The van der Waals surface area contributed by atoms with Crippen molar-refractivity contribution < 1.29 is 17.9 Å². The third kappa shape index (κ3) is 3.76. The van der Waals surface area contributed by atoms with E-state index in [4.69, 9.17) is 4.74 Å². The van der Waals surface area contributed by atoms with Crippen molar-refractivity contribution in [3.63, 3.8) is 0 Å². The highest BCUT2D eigenvalue weighted by Gasteiger charge is 2.15. The van der Waals surface area contributed by atoms with Crippen LogP contribution in [0.15, 0.2) is 36.4 Å². The van der Waals surface area contributed by atoms with E-state index in [1.807, 2.05) is 6.92 Å². The number of rotatable bonds is 6. The van der Waals surface area contributed by atoms with Gasteiger partial charge in [0, 0.05) is 12.1 Å². The van der Waals surface area contributed by atoms with Gasteiger partial charge in [-0.3, -0.25) is 0 Å². The fourth-order valence-electron chi connectivity index (χ4n) is 1.88. The molecule has 0 aliphatic heterocycles. The van der Waals surface area contributed by atoms with Crippen molar-refractivity contribution >= 4 is 0 Å². The molecular formula is C16H16F3NO. The summed E-state index contributed by atoms with van der Waals surface area (Å²) in [4.78, 5) is 0. The van der Waals surface area contributed by atoms with E-state index < -0.39 is 17.5 Å². The molecule has 0 fully saturated rings. The lowest BCUT2D eigenvalue weighted by Crippen LogP contribution is -2.14. The second kappa shape index (κ2) is 7.13. The predicted molar refractivity (Wildman–Crippen MR) is 74.8 cm³/mol. The summed E-state index contributed by atoms with van der Waals surface area (Å²) in [6, 6.07) is 7.99. The Morgan fingerprint density at radius 3 is 2.48 bits per heavy atom. The smallest absolute Gasteiger partial charge is 0.201 e. The SMILES string of the molecule is CCCNCc1cccc(F)c1Oc1cccc(F)c1F. The Kier molecular flexibility index (Phi) is 5.22. The summed E-state index contributed by atoms with van der Waals surface area (Å²) in [6.45, 7) is 3.17. The lowest BCUT2D eigenvalue weighted by atomic mass is 10.2. The van der Waals surface area contributed by atoms with Crippen LogP contribution in [-0.2, 0) is 6.54 Å². The molecule has 0 unspecified atom stereocenters. The molecule has 0 bridgehead atoms. The molecule has 0 aliphatic carbocycles. The van der Waals surface area contributed by atoms with Crippen LogP contribution in [0.3, 0.4) is 0 Å². The van der Waals surface area contributed by atoms with Crippen LogP contribution in [0.5, 0.6) is 11.5 Å². The predicted octanol–water partition coefficient (Wildman–Crippen LogP) is 4.40. The molecule has 112 valence electrons. The Balaban J connectivity index is 2.28. The zero-order chi connectivity index (χ0) is 15.2. The highest BCUT2D eigenvalue weighted by atomic mass is 19.2. The number of hydrogen-bond donors (Lipinski definition) is 1. The van der Waals surface area contributed by atoms with Gasteiger partial charge in [0.1, 0.15) is 0 Å². The molecular weight excluding hydrogens is 279 g/mol. The van der Waals surface area contributed by atoms with Gasteiger partial charge in [0.2, 0.25) is 5.82 Å². The first-order chi connectivity index (χ1) is 10.1. The van der Waals surface area contributed by atoms with Crippen LogP contribution in [0.4, 0.5) is 13.2 Å². The lowest BCUT2D eigenvalue weighted by Gasteiger charge is -2.13. The third-order valence-electron chi connectivity index (χ3n) is 2.92. The number of hydrogen-bond acceptors (Lipinski definition) is 2. The standard InChI is InChI=1S/C16H16F3NO/c1-2-9-20-10-11-5-3-7-13(18)16(11)21-14-8-4-6-12(17)15(14)19/h3-8,20H,2,9-10H2,1H3. The molecule has 2 rings (SSSR count). The molecule has 21 heavy (non-hydrogen) atoms. The third-order valence-corrected chi connectivity index (χ3v) is 2.92. The van der Waals surface area contributed by atoms with Gasteiger partial charge >= 0.3 is 0 Å². The highest BCUT2D eigenvalue weighted by Crippen LogP contribution is 2.30. The van der Waals surface area contributed by atoms with E-state index in [2.05, 4.69) is 5.32 Å². The van der Waals surface area contributed by atoms with Gasteiger partial charge in [-0.1, -0.05) is 25.1 Å². The van der Waals surface area contributed by atoms with Crippen LogP contribution in [0.1, 0.15) is 18.9 Å². The van der Waals surface area contributed by atoms with Crippen LogP contribution in [0, 0.1) is 17.5 Å². The van der Waals surface area contributed by atoms with Crippen molar-refractivity contribution in [2.75, 3.05) is 6.54 Å². The zero-order valence-corrected chi connectivity index (χ0v) is 11.6. The van der Waals surface area contributed by atoms with E-state index in [0.29, 0.717) is 12.1 Å². The zero-order valence-electron chi connectivity index (χ0n) is 11.6.